The SMILES string of the molecule is Clc1ccc(C2CCC(C3CCC(CCC4OO4)CC3)CC2)cc1. The van der Waals surface area contributed by atoms with E-state index in [1.165, 1.54) is 63.4 Å². The molecule has 1 saturated heterocycles. The van der Waals surface area contributed by atoms with Crippen LogP contribution in [0.3, 0.4) is 0 Å². The van der Waals surface area contributed by atoms with Crippen LogP contribution in [-0.2, 0) is 9.78 Å². The molecule has 2 saturated carbocycles. The molecule has 1 heterocycles. The quantitative estimate of drug-likeness (QED) is 0.449. The van der Waals surface area contributed by atoms with Crippen molar-refractivity contribution in [1.29, 1.82) is 0 Å². The van der Waals surface area contributed by atoms with Gasteiger partial charge < -0.3 is 0 Å². The maximum absolute atomic E-state index is 6.02. The maximum atomic E-state index is 6.02. The molecule has 1 aromatic rings. The molecule has 132 valence electrons. The summed E-state index contributed by atoms with van der Waals surface area (Å²) in [5.41, 5.74) is 1.49. The Morgan fingerprint density at radius 2 is 1.33 bits per heavy atom. The van der Waals surface area contributed by atoms with Gasteiger partial charge in [0.05, 0.1) is 0 Å². The Morgan fingerprint density at radius 1 is 0.750 bits per heavy atom. The van der Waals surface area contributed by atoms with Gasteiger partial charge in [-0.1, -0.05) is 36.6 Å². The molecular weight excluding hydrogens is 320 g/mol. The second-order valence-electron chi connectivity index (χ2n) is 8.14. The third kappa shape index (κ3) is 4.33. The predicted octanol–water partition coefficient (Wildman–Crippen LogP) is 6.49. The Hall–Kier alpha value is -0.570. The Kier molecular flexibility index (Phi) is 5.46. The average Bonchev–Trinajstić information content (AvgIpc) is 3.46. The molecule has 3 heteroatoms. The first-order valence-corrected chi connectivity index (χ1v) is 10.2. The minimum atomic E-state index is 0.130. The molecule has 0 aromatic heterocycles. The highest BCUT2D eigenvalue weighted by Crippen LogP contribution is 2.44. The molecule has 1 aliphatic heterocycles. The molecule has 0 N–H and O–H groups in total. The fourth-order valence-electron chi connectivity index (χ4n) is 5.11. The molecule has 2 nitrogen and oxygen atoms in total. The van der Waals surface area contributed by atoms with Gasteiger partial charge in [0.2, 0.25) is 6.29 Å². The molecule has 3 fully saturated rings. The van der Waals surface area contributed by atoms with Gasteiger partial charge in [0, 0.05) is 11.4 Å². The molecule has 0 radical (unpaired) electrons. The van der Waals surface area contributed by atoms with Gasteiger partial charge in [-0.15, -0.1) is 0 Å². The number of hydrogen-bond acceptors (Lipinski definition) is 2. The van der Waals surface area contributed by atoms with Crippen molar-refractivity contribution in [2.75, 3.05) is 0 Å². The summed E-state index contributed by atoms with van der Waals surface area (Å²) in [7, 11) is 0. The minimum Gasteiger partial charge on any atom is -0.199 e. The van der Waals surface area contributed by atoms with Crippen molar-refractivity contribution in [3.05, 3.63) is 34.9 Å². The van der Waals surface area contributed by atoms with Crippen LogP contribution in [0.1, 0.15) is 75.7 Å². The summed E-state index contributed by atoms with van der Waals surface area (Å²) in [5, 5.41) is 0.851. The van der Waals surface area contributed by atoms with Crippen LogP contribution in [0.2, 0.25) is 5.02 Å². The van der Waals surface area contributed by atoms with Crippen molar-refractivity contribution in [2.45, 2.75) is 76.4 Å². The van der Waals surface area contributed by atoms with Crippen molar-refractivity contribution < 1.29 is 9.78 Å². The van der Waals surface area contributed by atoms with Crippen LogP contribution in [0.5, 0.6) is 0 Å². The standard InChI is InChI=1S/C21H29ClO2/c22-20-12-10-19(11-13-20)18-8-6-17(7-9-18)16-4-1-15(2-5-16)3-14-21-23-24-21/h10-13,15-18,21H,1-9,14H2. The zero-order valence-corrected chi connectivity index (χ0v) is 15.2. The van der Waals surface area contributed by atoms with E-state index in [0.717, 1.165) is 35.1 Å². The summed E-state index contributed by atoms with van der Waals surface area (Å²) >= 11 is 6.02. The number of hydrogen-bond donors (Lipinski definition) is 0. The van der Waals surface area contributed by atoms with E-state index in [1.54, 1.807) is 0 Å². The fourth-order valence-corrected chi connectivity index (χ4v) is 5.24. The molecular formula is C21H29ClO2. The third-order valence-corrected chi connectivity index (χ3v) is 6.97. The summed E-state index contributed by atoms with van der Waals surface area (Å²) in [6.07, 6.45) is 13.8. The first-order chi connectivity index (χ1) is 11.8. The van der Waals surface area contributed by atoms with Gasteiger partial charge in [-0.05, 0) is 86.3 Å². The van der Waals surface area contributed by atoms with E-state index < -0.39 is 0 Å². The van der Waals surface area contributed by atoms with Crippen LogP contribution < -0.4 is 0 Å². The lowest BCUT2D eigenvalue weighted by Gasteiger charge is -2.38. The van der Waals surface area contributed by atoms with E-state index in [1.807, 2.05) is 12.1 Å². The number of benzene rings is 1. The van der Waals surface area contributed by atoms with Crippen LogP contribution in [0.25, 0.3) is 0 Å². The molecule has 3 aliphatic rings. The van der Waals surface area contributed by atoms with Crippen molar-refractivity contribution in [3.8, 4) is 0 Å². The Morgan fingerprint density at radius 3 is 1.92 bits per heavy atom. The zero-order valence-electron chi connectivity index (χ0n) is 14.5. The van der Waals surface area contributed by atoms with E-state index in [0.29, 0.717) is 0 Å². The third-order valence-electron chi connectivity index (χ3n) is 6.71. The molecule has 1 aromatic carbocycles. The lowest BCUT2D eigenvalue weighted by Crippen LogP contribution is -2.25. The predicted molar refractivity (Wildman–Crippen MR) is 96.8 cm³/mol. The van der Waals surface area contributed by atoms with Gasteiger partial charge in [-0.25, -0.2) is 0 Å². The van der Waals surface area contributed by atoms with E-state index in [9.17, 15) is 0 Å². The second-order valence-corrected chi connectivity index (χ2v) is 8.58. The second kappa shape index (κ2) is 7.76. The lowest BCUT2D eigenvalue weighted by molar-refractivity contribution is 0.0850. The van der Waals surface area contributed by atoms with E-state index >= 15 is 0 Å². The van der Waals surface area contributed by atoms with E-state index in [2.05, 4.69) is 12.1 Å². The van der Waals surface area contributed by atoms with Crippen LogP contribution in [0.15, 0.2) is 24.3 Å². The zero-order chi connectivity index (χ0) is 16.4. The largest absolute Gasteiger partial charge is 0.224 e. The monoisotopic (exact) mass is 348 g/mol. The fraction of sp³-hybridized carbons (Fsp3) is 0.714. The van der Waals surface area contributed by atoms with Gasteiger partial charge in [0.25, 0.3) is 0 Å². The number of halogens is 1. The maximum Gasteiger partial charge on any atom is 0.224 e. The van der Waals surface area contributed by atoms with E-state index in [-0.39, 0.29) is 6.29 Å². The molecule has 0 atom stereocenters. The molecule has 0 amide bonds. The van der Waals surface area contributed by atoms with Gasteiger partial charge in [0.1, 0.15) is 0 Å². The summed E-state index contributed by atoms with van der Waals surface area (Å²) in [6, 6.07) is 8.54. The molecule has 0 spiro atoms. The summed E-state index contributed by atoms with van der Waals surface area (Å²) < 4.78 is 0. The van der Waals surface area contributed by atoms with E-state index in [4.69, 9.17) is 21.4 Å². The Balaban J connectivity index is 1.21. The highest BCUT2D eigenvalue weighted by molar-refractivity contribution is 6.30. The first kappa shape index (κ1) is 16.9. The molecule has 2 aliphatic carbocycles. The first-order valence-electron chi connectivity index (χ1n) is 9.85. The van der Waals surface area contributed by atoms with Gasteiger partial charge in [-0.3, -0.25) is 0 Å². The van der Waals surface area contributed by atoms with Gasteiger partial charge in [0.15, 0.2) is 0 Å². The van der Waals surface area contributed by atoms with Crippen LogP contribution in [0.4, 0.5) is 0 Å². The molecule has 24 heavy (non-hydrogen) atoms. The highest BCUT2D eigenvalue weighted by atomic mass is 35.5. The molecule has 0 bridgehead atoms. The summed E-state index contributed by atoms with van der Waals surface area (Å²) in [6.45, 7) is 0. The lowest BCUT2D eigenvalue weighted by atomic mass is 9.68. The van der Waals surface area contributed by atoms with Crippen molar-refractivity contribution in [1.82, 2.24) is 0 Å². The normalized spacial score (nSPS) is 34.2. The topological polar surface area (TPSA) is 25.1 Å². The summed E-state index contributed by atoms with van der Waals surface area (Å²) in [4.78, 5) is 9.72. The van der Waals surface area contributed by atoms with Crippen LogP contribution >= 0.6 is 11.6 Å². The van der Waals surface area contributed by atoms with Crippen molar-refractivity contribution >= 4 is 11.6 Å². The van der Waals surface area contributed by atoms with Crippen LogP contribution in [0, 0.1) is 17.8 Å². The Bertz CT molecular complexity index is 509. The van der Waals surface area contributed by atoms with Crippen molar-refractivity contribution in [2.24, 2.45) is 17.8 Å². The smallest absolute Gasteiger partial charge is 0.199 e. The van der Waals surface area contributed by atoms with Crippen LogP contribution in [-0.4, -0.2) is 6.29 Å². The minimum absolute atomic E-state index is 0.130. The summed E-state index contributed by atoms with van der Waals surface area (Å²) in [5.74, 6) is 3.64. The van der Waals surface area contributed by atoms with Gasteiger partial charge >= 0.3 is 0 Å². The average molecular weight is 349 g/mol. The highest BCUT2D eigenvalue weighted by Gasteiger charge is 2.32. The Labute approximate surface area is 150 Å². The molecule has 4 rings (SSSR count). The number of rotatable bonds is 5. The van der Waals surface area contributed by atoms with Crippen molar-refractivity contribution in [3.63, 3.8) is 0 Å². The van der Waals surface area contributed by atoms with Gasteiger partial charge in [-0.2, -0.15) is 9.78 Å². The molecule has 0 unspecified atom stereocenters.